The van der Waals surface area contributed by atoms with Crippen molar-refractivity contribution in [3.05, 3.63) is 182 Å². The van der Waals surface area contributed by atoms with Crippen LogP contribution < -0.4 is 0 Å². The van der Waals surface area contributed by atoms with Crippen molar-refractivity contribution < 1.29 is 28.6 Å². The van der Waals surface area contributed by atoms with E-state index in [0.29, 0.717) is 19.3 Å². The lowest BCUT2D eigenvalue weighted by Gasteiger charge is -2.18. The Morgan fingerprint density at radius 3 is 0.723 bits per heavy atom. The van der Waals surface area contributed by atoms with Gasteiger partial charge in [0.15, 0.2) is 6.10 Å². The fourth-order valence-electron chi connectivity index (χ4n) is 8.55. The predicted molar refractivity (Wildman–Crippen MR) is 361 cm³/mol. The topological polar surface area (TPSA) is 78.9 Å². The normalized spacial score (nSPS) is 13.3. The number of carbonyl (C=O) groups is 3. The molecule has 0 bridgehead atoms. The Kier molecular flexibility index (Phi) is 64.4. The van der Waals surface area contributed by atoms with Crippen LogP contribution in [0.1, 0.15) is 265 Å². The molecule has 0 aromatic carbocycles. The second-order valence-electron chi connectivity index (χ2n) is 21.2. The average molecular weight is 1140 g/mol. The van der Waals surface area contributed by atoms with Gasteiger partial charge in [-0.1, -0.05) is 287 Å². The van der Waals surface area contributed by atoms with E-state index >= 15 is 0 Å². The number of hydrogen-bond acceptors (Lipinski definition) is 6. The third-order valence-corrected chi connectivity index (χ3v) is 13.4. The highest BCUT2D eigenvalue weighted by molar-refractivity contribution is 5.71. The van der Waals surface area contributed by atoms with Crippen molar-refractivity contribution in [2.45, 2.75) is 271 Å². The molecular formula is C77H120O6. The van der Waals surface area contributed by atoms with Gasteiger partial charge < -0.3 is 14.2 Å². The first-order valence-corrected chi connectivity index (χ1v) is 33.3. The molecule has 0 amide bonds. The Morgan fingerprint density at radius 1 is 0.241 bits per heavy atom. The zero-order valence-corrected chi connectivity index (χ0v) is 53.1. The van der Waals surface area contributed by atoms with E-state index < -0.39 is 12.1 Å². The number of rotatable bonds is 58. The van der Waals surface area contributed by atoms with Crippen LogP contribution in [-0.4, -0.2) is 37.2 Å². The van der Waals surface area contributed by atoms with Gasteiger partial charge in [0, 0.05) is 19.3 Å². The van der Waals surface area contributed by atoms with Gasteiger partial charge in [0.2, 0.25) is 0 Å². The number of unbranched alkanes of at least 4 members (excludes halogenated alkanes) is 17. The molecule has 0 rings (SSSR count). The Bertz CT molecular complexity index is 1940. The van der Waals surface area contributed by atoms with E-state index in [2.05, 4.69) is 191 Å². The molecule has 1 atom stereocenters. The summed E-state index contributed by atoms with van der Waals surface area (Å²) in [6.07, 6.45) is 103. The van der Waals surface area contributed by atoms with Gasteiger partial charge in [-0.25, -0.2) is 0 Å². The summed E-state index contributed by atoms with van der Waals surface area (Å²) in [4.78, 5) is 38.3. The van der Waals surface area contributed by atoms with E-state index in [1.54, 1.807) is 0 Å². The van der Waals surface area contributed by atoms with E-state index in [1.165, 1.54) is 64.2 Å². The van der Waals surface area contributed by atoms with Gasteiger partial charge in [0.25, 0.3) is 0 Å². The Hall–Kier alpha value is -5.49. The van der Waals surface area contributed by atoms with Crippen molar-refractivity contribution in [2.24, 2.45) is 0 Å². The number of carbonyl (C=O) groups excluding carboxylic acids is 3. The summed E-state index contributed by atoms with van der Waals surface area (Å²) in [5.74, 6) is -1.03. The first kappa shape index (κ1) is 77.5. The third-order valence-electron chi connectivity index (χ3n) is 13.4. The monoisotopic (exact) mass is 1140 g/mol. The molecule has 0 saturated heterocycles. The Balaban J connectivity index is 4.41. The summed E-state index contributed by atoms with van der Waals surface area (Å²) in [7, 11) is 0. The molecule has 6 nitrogen and oxygen atoms in total. The predicted octanol–water partition coefficient (Wildman–Crippen LogP) is 23.2. The number of esters is 3. The first-order valence-electron chi connectivity index (χ1n) is 33.3. The smallest absolute Gasteiger partial charge is 0.306 e. The van der Waals surface area contributed by atoms with Crippen molar-refractivity contribution in [1.82, 2.24) is 0 Å². The van der Waals surface area contributed by atoms with Crippen molar-refractivity contribution >= 4 is 17.9 Å². The van der Waals surface area contributed by atoms with Crippen LogP contribution in [0.3, 0.4) is 0 Å². The molecule has 0 aliphatic heterocycles. The fraction of sp³-hybridized carbons (Fsp3) is 0.571. The molecule has 0 aliphatic rings. The molecule has 6 heteroatoms. The fourth-order valence-corrected chi connectivity index (χ4v) is 8.55. The number of ether oxygens (including phenoxy) is 3. The lowest BCUT2D eigenvalue weighted by molar-refractivity contribution is -0.166. The third kappa shape index (κ3) is 67.2. The van der Waals surface area contributed by atoms with Crippen LogP contribution in [-0.2, 0) is 28.6 Å². The average Bonchev–Trinajstić information content (AvgIpc) is 3.49. The zero-order chi connectivity index (χ0) is 59.9. The molecule has 0 fully saturated rings. The van der Waals surface area contributed by atoms with Gasteiger partial charge >= 0.3 is 17.9 Å². The summed E-state index contributed by atoms with van der Waals surface area (Å²) < 4.78 is 16.8. The standard InChI is InChI=1S/C77H120O6/c1-4-7-10-13-16-19-22-25-28-30-32-33-34-35-36-37-38-39-40-41-42-43-45-46-49-52-55-58-61-64-67-70-76(79)82-73-74(72-81-75(78)69-66-63-60-57-54-51-48-27-24-21-18-15-12-9-6-3)83-77(80)71-68-65-62-59-56-53-50-47-44-31-29-26-23-20-17-14-11-8-5-2/h7-12,16-21,25-29,32-33,35-36,38-39,44,47-48,53,56,62,65,74H,4-6,13-15,22-24,30-31,34,37,40-43,45-46,49-52,54-55,57-61,63-64,66-73H2,1-3H3/b10-7-,11-8-,12-9-,19-16-,20-17-,21-18-,28-25-,29-26-,33-32-,36-35-,39-38-,47-44-,48-27-,56-53-,65-62-. The lowest BCUT2D eigenvalue weighted by atomic mass is 10.0. The minimum atomic E-state index is -0.838. The molecule has 0 spiro atoms. The highest BCUT2D eigenvalue weighted by Gasteiger charge is 2.19. The van der Waals surface area contributed by atoms with Crippen LogP contribution in [0.2, 0.25) is 0 Å². The highest BCUT2D eigenvalue weighted by Crippen LogP contribution is 2.15. The maximum Gasteiger partial charge on any atom is 0.306 e. The van der Waals surface area contributed by atoms with Crippen molar-refractivity contribution in [2.75, 3.05) is 13.2 Å². The second-order valence-corrected chi connectivity index (χ2v) is 21.2. The van der Waals surface area contributed by atoms with E-state index in [1.807, 2.05) is 12.2 Å². The minimum Gasteiger partial charge on any atom is -0.462 e. The van der Waals surface area contributed by atoms with Crippen molar-refractivity contribution in [3.8, 4) is 0 Å². The molecule has 0 aliphatic carbocycles. The molecule has 0 N–H and O–H groups in total. The first-order chi connectivity index (χ1) is 41.0. The molecule has 0 radical (unpaired) electrons. The second kappa shape index (κ2) is 69.0. The van der Waals surface area contributed by atoms with Crippen LogP contribution >= 0.6 is 0 Å². The van der Waals surface area contributed by atoms with E-state index in [-0.39, 0.29) is 31.6 Å². The van der Waals surface area contributed by atoms with Gasteiger partial charge in [0.05, 0.1) is 0 Å². The molecule has 1 unspecified atom stereocenters. The number of allylic oxidation sites excluding steroid dienone is 30. The van der Waals surface area contributed by atoms with Crippen LogP contribution in [0, 0.1) is 0 Å². The van der Waals surface area contributed by atoms with Crippen molar-refractivity contribution in [1.29, 1.82) is 0 Å². The molecule has 464 valence electrons. The summed E-state index contributed by atoms with van der Waals surface area (Å²) in [5.41, 5.74) is 0. The number of hydrogen-bond donors (Lipinski definition) is 0. The SMILES string of the molecule is CC/C=C\C/C=C\C/C=C\C/C=C\C/C=C\C/C=C\CCCCCCCCCCCCCCC(=O)OCC(COC(=O)CCCCCCC/C=C\C/C=C\C/C=C\CC)OC(=O)CC/C=C\C/C=C\C/C=C\C/C=C\C/C=C\C/C=C\CC. The minimum absolute atomic E-state index is 0.123. The summed E-state index contributed by atoms with van der Waals surface area (Å²) >= 11 is 0. The molecular weight excluding hydrogens is 1020 g/mol. The summed E-state index contributed by atoms with van der Waals surface area (Å²) in [5, 5.41) is 0. The Labute approximate surface area is 510 Å². The maximum atomic E-state index is 12.9. The molecule has 83 heavy (non-hydrogen) atoms. The quantitative estimate of drug-likeness (QED) is 0.0261. The maximum absolute atomic E-state index is 12.9. The van der Waals surface area contributed by atoms with Gasteiger partial charge in [-0.05, 0) is 141 Å². The van der Waals surface area contributed by atoms with E-state index in [0.717, 1.165) is 154 Å². The molecule has 0 heterocycles. The largest absolute Gasteiger partial charge is 0.462 e. The molecule has 0 aromatic rings. The van der Waals surface area contributed by atoms with Gasteiger partial charge in [-0.3, -0.25) is 14.4 Å². The summed E-state index contributed by atoms with van der Waals surface area (Å²) in [6.45, 7) is 6.22. The zero-order valence-electron chi connectivity index (χ0n) is 53.1. The van der Waals surface area contributed by atoms with E-state index in [9.17, 15) is 14.4 Å². The van der Waals surface area contributed by atoms with Crippen LogP contribution in [0.4, 0.5) is 0 Å². The molecule has 0 saturated carbocycles. The summed E-state index contributed by atoms with van der Waals surface area (Å²) in [6, 6.07) is 0. The van der Waals surface area contributed by atoms with Gasteiger partial charge in [-0.2, -0.15) is 0 Å². The Morgan fingerprint density at radius 2 is 0.458 bits per heavy atom. The van der Waals surface area contributed by atoms with Gasteiger partial charge in [-0.15, -0.1) is 0 Å². The van der Waals surface area contributed by atoms with Crippen LogP contribution in [0.15, 0.2) is 182 Å². The highest BCUT2D eigenvalue weighted by atomic mass is 16.6. The lowest BCUT2D eigenvalue weighted by Crippen LogP contribution is -2.30. The van der Waals surface area contributed by atoms with Crippen molar-refractivity contribution in [3.63, 3.8) is 0 Å². The van der Waals surface area contributed by atoms with Crippen LogP contribution in [0.25, 0.3) is 0 Å². The van der Waals surface area contributed by atoms with Gasteiger partial charge in [0.1, 0.15) is 13.2 Å². The van der Waals surface area contributed by atoms with Crippen LogP contribution in [0.5, 0.6) is 0 Å². The molecule has 0 aromatic heterocycles. The van der Waals surface area contributed by atoms with E-state index in [4.69, 9.17) is 14.2 Å².